The van der Waals surface area contributed by atoms with Gasteiger partial charge in [0.2, 0.25) is 0 Å². The summed E-state index contributed by atoms with van der Waals surface area (Å²) >= 11 is 0. The fourth-order valence-corrected chi connectivity index (χ4v) is 2.47. The highest BCUT2D eigenvalue weighted by molar-refractivity contribution is 4.86. The summed E-state index contributed by atoms with van der Waals surface area (Å²) in [6, 6.07) is 0.580. The lowest BCUT2D eigenvalue weighted by atomic mass is 9.82. The van der Waals surface area contributed by atoms with Crippen LogP contribution < -0.4 is 11.1 Å². The first-order valence-corrected chi connectivity index (χ1v) is 5.99. The molecule has 2 unspecified atom stereocenters. The number of rotatable bonds is 5. The number of nitrogens with one attached hydrogen (secondary N) is 1. The summed E-state index contributed by atoms with van der Waals surface area (Å²) in [7, 11) is 0. The van der Waals surface area contributed by atoms with E-state index in [1.807, 2.05) is 0 Å². The van der Waals surface area contributed by atoms with E-state index in [4.69, 9.17) is 5.73 Å². The van der Waals surface area contributed by atoms with Crippen LogP contribution in [0, 0.1) is 11.3 Å². The Morgan fingerprint density at radius 3 is 2.71 bits per heavy atom. The molecule has 0 bridgehead atoms. The Hall–Kier alpha value is -0.0800. The molecule has 1 aliphatic rings. The molecule has 0 aliphatic heterocycles. The van der Waals surface area contributed by atoms with Gasteiger partial charge in [0.25, 0.3) is 0 Å². The first-order chi connectivity index (χ1) is 6.56. The van der Waals surface area contributed by atoms with Crippen molar-refractivity contribution < 1.29 is 0 Å². The molecule has 2 atom stereocenters. The summed E-state index contributed by atoms with van der Waals surface area (Å²) in [5.74, 6) is 0.864. The quantitative estimate of drug-likeness (QED) is 0.710. The highest BCUT2D eigenvalue weighted by atomic mass is 14.9. The van der Waals surface area contributed by atoms with Gasteiger partial charge >= 0.3 is 0 Å². The molecular weight excluding hydrogens is 172 g/mol. The molecule has 2 heteroatoms. The van der Waals surface area contributed by atoms with Crippen molar-refractivity contribution in [1.29, 1.82) is 0 Å². The van der Waals surface area contributed by atoms with Gasteiger partial charge in [-0.05, 0) is 50.6 Å². The molecule has 0 aromatic rings. The maximum Gasteiger partial charge on any atom is 0.00508 e. The summed E-state index contributed by atoms with van der Waals surface area (Å²) < 4.78 is 0. The number of hydrogen-bond donors (Lipinski definition) is 2. The van der Waals surface area contributed by atoms with Crippen molar-refractivity contribution in [3.05, 3.63) is 0 Å². The van der Waals surface area contributed by atoms with E-state index in [9.17, 15) is 0 Å². The van der Waals surface area contributed by atoms with Crippen LogP contribution in [0.25, 0.3) is 0 Å². The molecule has 0 aromatic carbocycles. The molecule has 0 radical (unpaired) electrons. The van der Waals surface area contributed by atoms with Gasteiger partial charge in [0.1, 0.15) is 0 Å². The van der Waals surface area contributed by atoms with Crippen LogP contribution in [0.15, 0.2) is 0 Å². The largest absolute Gasteiger partial charge is 0.330 e. The molecule has 3 N–H and O–H groups in total. The second-order valence-corrected chi connectivity index (χ2v) is 5.46. The molecule has 0 saturated heterocycles. The van der Waals surface area contributed by atoms with Crippen LogP contribution in [0.4, 0.5) is 0 Å². The second kappa shape index (κ2) is 5.13. The van der Waals surface area contributed by atoms with Crippen molar-refractivity contribution in [2.75, 3.05) is 13.1 Å². The van der Waals surface area contributed by atoms with Crippen LogP contribution in [0.2, 0.25) is 0 Å². The average Bonchev–Trinajstić information content (AvgIpc) is 2.42. The fraction of sp³-hybridized carbons (Fsp3) is 1.00. The highest BCUT2D eigenvalue weighted by Crippen LogP contribution is 2.42. The molecule has 14 heavy (non-hydrogen) atoms. The van der Waals surface area contributed by atoms with Gasteiger partial charge in [0.05, 0.1) is 0 Å². The Bertz CT molecular complexity index is 166. The van der Waals surface area contributed by atoms with E-state index in [-0.39, 0.29) is 0 Å². The maximum atomic E-state index is 5.53. The van der Waals surface area contributed by atoms with Crippen LogP contribution in [-0.2, 0) is 0 Å². The molecule has 1 saturated carbocycles. The van der Waals surface area contributed by atoms with Gasteiger partial charge in [-0.2, -0.15) is 0 Å². The van der Waals surface area contributed by atoms with E-state index in [1.54, 1.807) is 0 Å². The van der Waals surface area contributed by atoms with E-state index in [2.05, 4.69) is 26.1 Å². The standard InChI is InChI=1S/C12H26N2/c1-10(6-8-13)14-9-11-5-4-7-12(11,2)3/h10-11,14H,4-9,13H2,1-3H3. The molecule has 84 valence electrons. The molecule has 1 aliphatic carbocycles. The van der Waals surface area contributed by atoms with Gasteiger partial charge in [0, 0.05) is 6.04 Å². The van der Waals surface area contributed by atoms with Crippen molar-refractivity contribution in [2.45, 2.75) is 52.5 Å². The number of nitrogens with two attached hydrogens (primary N) is 1. The van der Waals surface area contributed by atoms with Crippen LogP contribution in [0.3, 0.4) is 0 Å². The van der Waals surface area contributed by atoms with Gasteiger partial charge in [-0.25, -0.2) is 0 Å². The van der Waals surface area contributed by atoms with Crippen LogP contribution in [-0.4, -0.2) is 19.1 Å². The van der Waals surface area contributed by atoms with Crippen LogP contribution >= 0.6 is 0 Å². The predicted octanol–water partition coefficient (Wildman–Crippen LogP) is 2.14. The van der Waals surface area contributed by atoms with E-state index < -0.39 is 0 Å². The Morgan fingerprint density at radius 2 is 2.21 bits per heavy atom. The summed E-state index contributed by atoms with van der Waals surface area (Å²) in [6.45, 7) is 9.01. The first kappa shape index (κ1) is 12.0. The third-order valence-corrected chi connectivity index (χ3v) is 3.79. The van der Waals surface area contributed by atoms with Gasteiger partial charge in [-0.3, -0.25) is 0 Å². The summed E-state index contributed by atoms with van der Waals surface area (Å²) in [4.78, 5) is 0. The molecule has 0 aromatic heterocycles. The Morgan fingerprint density at radius 1 is 1.50 bits per heavy atom. The van der Waals surface area contributed by atoms with Gasteiger partial charge in [-0.1, -0.05) is 20.3 Å². The molecule has 1 rings (SSSR count). The summed E-state index contributed by atoms with van der Waals surface area (Å²) in [5.41, 5.74) is 6.08. The zero-order valence-corrected chi connectivity index (χ0v) is 9.97. The topological polar surface area (TPSA) is 38.0 Å². The Balaban J connectivity index is 2.24. The lowest BCUT2D eigenvalue weighted by molar-refractivity contribution is 0.244. The van der Waals surface area contributed by atoms with E-state index in [0.717, 1.165) is 18.9 Å². The van der Waals surface area contributed by atoms with Crippen molar-refractivity contribution in [3.8, 4) is 0 Å². The minimum atomic E-state index is 0.551. The lowest BCUT2D eigenvalue weighted by Gasteiger charge is -2.28. The summed E-state index contributed by atoms with van der Waals surface area (Å²) in [5, 5.41) is 3.60. The van der Waals surface area contributed by atoms with Crippen molar-refractivity contribution >= 4 is 0 Å². The molecule has 0 heterocycles. The molecule has 0 amide bonds. The van der Waals surface area contributed by atoms with Gasteiger partial charge in [0.15, 0.2) is 0 Å². The zero-order chi connectivity index (χ0) is 10.6. The molecule has 1 fully saturated rings. The van der Waals surface area contributed by atoms with E-state index >= 15 is 0 Å². The monoisotopic (exact) mass is 198 g/mol. The maximum absolute atomic E-state index is 5.53. The van der Waals surface area contributed by atoms with Gasteiger partial charge < -0.3 is 11.1 Å². The van der Waals surface area contributed by atoms with Crippen molar-refractivity contribution in [1.82, 2.24) is 5.32 Å². The smallest absolute Gasteiger partial charge is 0.00508 e. The van der Waals surface area contributed by atoms with Crippen molar-refractivity contribution in [2.24, 2.45) is 17.1 Å². The minimum Gasteiger partial charge on any atom is -0.330 e. The highest BCUT2D eigenvalue weighted by Gasteiger charge is 2.33. The minimum absolute atomic E-state index is 0.551. The first-order valence-electron chi connectivity index (χ1n) is 5.99. The average molecular weight is 198 g/mol. The van der Waals surface area contributed by atoms with Crippen LogP contribution in [0.1, 0.15) is 46.5 Å². The zero-order valence-electron chi connectivity index (χ0n) is 9.97. The normalized spacial score (nSPS) is 27.9. The third-order valence-electron chi connectivity index (χ3n) is 3.79. The second-order valence-electron chi connectivity index (χ2n) is 5.46. The van der Waals surface area contributed by atoms with E-state index in [1.165, 1.54) is 25.8 Å². The third kappa shape index (κ3) is 3.25. The fourth-order valence-electron chi connectivity index (χ4n) is 2.47. The lowest BCUT2D eigenvalue weighted by Crippen LogP contribution is -2.36. The van der Waals surface area contributed by atoms with Crippen molar-refractivity contribution in [3.63, 3.8) is 0 Å². The van der Waals surface area contributed by atoms with E-state index in [0.29, 0.717) is 11.5 Å². The summed E-state index contributed by atoms with van der Waals surface area (Å²) in [6.07, 6.45) is 5.29. The SMILES string of the molecule is CC(CCN)NCC1CCCC1(C)C. The molecule has 0 spiro atoms. The van der Waals surface area contributed by atoms with Gasteiger partial charge in [-0.15, -0.1) is 0 Å². The Kier molecular flexibility index (Phi) is 4.39. The molecule has 2 nitrogen and oxygen atoms in total. The molecular formula is C12H26N2. The van der Waals surface area contributed by atoms with Crippen LogP contribution in [0.5, 0.6) is 0 Å². The Labute approximate surface area is 88.6 Å². The predicted molar refractivity (Wildman–Crippen MR) is 62.3 cm³/mol. The number of hydrogen-bond acceptors (Lipinski definition) is 2.